The Morgan fingerprint density at radius 3 is 3.11 bits per heavy atom. The molecule has 2 aromatic heterocycles. The van der Waals surface area contributed by atoms with Gasteiger partial charge in [0.15, 0.2) is 11.5 Å². The Hall–Kier alpha value is -2.16. The van der Waals surface area contributed by atoms with Gasteiger partial charge in [0.05, 0.1) is 0 Å². The molecule has 2 heterocycles. The zero-order valence-electron chi connectivity index (χ0n) is 10.3. The van der Waals surface area contributed by atoms with Crippen LogP contribution in [-0.2, 0) is 6.42 Å². The van der Waals surface area contributed by atoms with Crippen LogP contribution in [0.5, 0.6) is 0 Å². The molecule has 0 aliphatic carbocycles. The van der Waals surface area contributed by atoms with Crippen LogP contribution < -0.4 is 16.4 Å². The van der Waals surface area contributed by atoms with E-state index in [2.05, 4.69) is 25.8 Å². The van der Waals surface area contributed by atoms with E-state index in [1.54, 1.807) is 0 Å². The Balaban J connectivity index is 1.88. The lowest BCUT2D eigenvalue weighted by Gasteiger charge is -2.01. The number of nitrogens with zero attached hydrogens (tertiary/aromatic N) is 3. The number of amides is 1. The Morgan fingerprint density at radius 1 is 1.58 bits per heavy atom. The van der Waals surface area contributed by atoms with E-state index in [1.165, 1.54) is 17.7 Å². The highest BCUT2D eigenvalue weighted by molar-refractivity contribution is 7.18. The van der Waals surface area contributed by atoms with Crippen LogP contribution in [-0.4, -0.2) is 34.1 Å². The van der Waals surface area contributed by atoms with Gasteiger partial charge in [-0.15, -0.1) is 0 Å². The summed E-state index contributed by atoms with van der Waals surface area (Å²) in [5.41, 5.74) is 5.70. The molecule has 1 amide bonds. The fourth-order valence-electron chi connectivity index (χ4n) is 1.39. The number of nitrogens with two attached hydrogens (primary N) is 1. The summed E-state index contributed by atoms with van der Waals surface area (Å²) in [4.78, 5) is 20.2. The number of hydrogen-bond acceptors (Lipinski definition) is 8. The molecule has 102 valence electrons. The molecule has 9 heteroatoms. The summed E-state index contributed by atoms with van der Waals surface area (Å²) in [6.45, 7) is 3.07. The van der Waals surface area contributed by atoms with E-state index in [1.807, 2.05) is 6.92 Å². The van der Waals surface area contributed by atoms with Crippen molar-refractivity contribution in [2.45, 2.75) is 13.3 Å². The maximum atomic E-state index is 11.9. The van der Waals surface area contributed by atoms with Gasteiger partial charge in [0.1, 0.15) is 10.7 Å². The molecule has 0 unspecified atom stereocenters. The normalized spacial score (nSPS) is 10.4. The molecule has 0 fully saturated rings. The predicted octanol–water partition coefficient (Wildman–Crippen LogP) is 0.513. The second-order valence-corrected chi connectivity index (χ2v) is 4.60. The first kappa shape index (κ1) is 13.3. The fourth-order valence-corrected chi connectivity index (χ4v) is 2.26. The second kappa shape index (κ2) is 6.14. The summed E-state index contributed by atoms with van der Waals surface area (Å²) >= 11 is 1.23. The van der Waals surface area contributed by atoms with E-state index in [-0.39, 0.29) is 11.7 Å². The monoisotopic (exact) mass is 282 g/mol. The minimum Gasteiger partial charge on any atom is -0.382 e. The van der Waals surface area contributed by atoms with E-state index in [0.717, 1.165) is 6.54 Å². The smallest absolute Gasteiger partial charge is 0.265 e. The standard InChI is InChI=1S/C10H14N6O2S/c1-2-12-10-16-8(11)7(19-10)9(17)13-4-3-6-14-5-15-18-6/h5H,2-4,11H2,1H3,(H,12,16)(H,13,17). The maximum Gasteiger partial charge on any atom is 0.265 e. The molecule has 2 rings (SSSR count). The van der Waals surface area contributed by atoms with Crippen molar-refractivity contribution in [3.05, 3.63) is 17.1 Å². The molecule has 0 aliphatic heterocycles. The summed E-state index contributed by atoms with van der Waals surface area (Å²) in [7, 11) is 0. The number of anilines is 2. The number of thiazole rings is 1. The van der Waals surface area contributed by atoms with Crippen LogP contribution in [0, 0.1) is 0 Å². The van der Waals surface area contributed by atoms with Gasteiger partial charge >= 0.3 is 0 Å². The van der Waals surface area contributed by atoms with Crippen LogP contribution >= 0.6 is 11.3 Å². The van der Waals surface area contributed by atoms with Gasteiger partial charge in [-0.1, -0.05) is 16.5 Å². The average molecular weight is 282 g/mol. The van der Waals surface area contributed by atoms with Crippen molar-refractivity contribution in [2.24, 2.45) is 0 Å². The van der Waals surface area contributed by atoms with Gasteiger partial charge in [-0.3, -0.25) is 4.79 Å². The van der Waals surface area contributed by atoms with Crippen LogP contribution in [0.15, 0.2) is 10.9 Å². The molecule has 0 radical (unpaired) electrons. The number of aromatic nitrogens is 3. The summed E-state index contributed by atoms with van der Waals surface area (Å²) in [6, 6.07) is 0. The minimum absolute atomic E-state index is 0.233. The first-order valence-corrected chi connectivity index (χ1v) is 6.56. The highest BCUT2D eigenvalue weighted by Crippen LogP contribution is 2.24. The van der Waals surface area contributed by atoms with Gasteiger partial charge in [-0.2, -0.15) is 4.98 Å². The molecule has 19 heavy (non-hydrogen) atoms. The zero-order chi connectivity index (χ0) is 13.7. The molecule has 0 saturated carbocycles. The Bertz CT molecular complexity index is 538. The molecule has 0 bridgehead atoms. The lowest BCUT2D eigenvalue weighted by molar-refractivity contribution is 0.0958. The van der Waals surface area contributed by atoms with E-state index in [4.69, 9.17) is 10.3 Å². The number of nitrogen functional groups attached to an aromatic ring is 1. The summed E-state index contributed by atoms with van der Waals surface area (Å²) in [5, 5.41) is 9.87. The minimum atomic E-state index is -0.251. The third-order valence-corrected chi connectivity index (χ3v) is 3.25. The summed E-state index contributed by atoms with van der Waals surface area (Å²) in [5.74, 6) is 0.459. The third kappa shape index (κ3) is 3.41. The van der Waals surface area contributed by atoms with Crippen molar-refractivity contribution < 1.29 is 9.32 Å². The van der Waals surface area contributed by atoms with E-state index in [0.29, 0.717) is 28.9 Å². The summed E-state index contributed by atoms with van der Waals surface area (Å²) in [6.07, 6.45) is 1.80. The number of carbonyl (C=O) groups is 1. The van der Waals surface area contributed by atoms with Crippen LogP contribution in [0.4, 0.5) is 10.9 Å². The molecular weight excluding hydrogens is 268 g/mol. The molecule has 0 aliphatic rings. The SMILES string of the molecule is CCNc1nc(N)c(C(=O)NCCc2ncno2)s1. The molecular formula is C10H14N6O2S. The molecule has 2 aromatic rings. The summed E-state index contributed by atoms with van der Waals surface area (Å²) < 4.78 is 4.82. The van der Waals surface area contributed by atoms with Gasteiger partial charge in [0, 0.05) is 19.5 Å². The molecule has 0 saturated heterocycles. The second-order valence-electron chi connectivity index (χ2n) is 3.60. The van der Waals surface area contributed by atoms with Crippen molar-refractivity contribution in [1.82, 2.24) is 20.4 Å². The van der Waals surface area contributed by atoms with Crippen molar-refractivity contribution >= 4 is 28.2 Å². The van der Waals surface area contributed by atoms with Crippen LogP contribution in [0.1, 0.15) is 22.5 Å². The Labute approximate surface area is 113 Å². The van der Waals surface area contributed by atoms with Crippen LogP contribution in [0.25, 0.3) is 0 Å². The first-order chi connectivity index (χ1) is 9.20. The predicted molar refractivity (Wildman–Crippen MR) is 71.0 cm³/mol. The van der Waals surface area contributed by atoms with Crippen LogP contribution in [0.3, 0.4) is 0 Å². The van der Waals surface area contributed by atoms with Gasteiger partial charge in [-0.05, 0) is 6.92 Å². The maximum absolute atomic E-state index is 11.9. The van der Waals surface area contributed by atoms with Crippen molar-refractivity contribution in [3.63, 3.8) is 0 Å². The van der Waals surface area contributed by atoms with Crippen molar-refractivity contribution in [1.29, 1.82) is 0 Å². The fraction of sp³-hybridized carbons (Fsp3) is 0.400. The lowest BCUT2D eigenvalue weighted by atomic mass is 10.4. The average Bonchev–Trinajstić information content (AvgIpc) is 2.99. The van der Waals surface area contributed by atoms with E-state index in [9.17, 15) is 4.79 Å². The van der Waals surface area contributed by atoms with E-state index >= 15 is 0 Å². The Kier molecular flexibility index (Phi) is 4.29. The lowest BCUT2D eigenvalue weighted by Crippen LogP contribution is -2.25. The number of nitrogens with one attached hydrogen (secondary N) is 2. The number of rotatable bonds is 6. The van der Waals surface area contributed by atoms with Gasteiger partial charge in [-0.25, -0.2) is 4.98 Å². The molecule has 0 atom stereocenters. The van der Waals surface area contributed by atoms with Crippen molar-refractivity contribution in [3.8, 4) is 0 Å². The molecule has 0 aromatic carbocycles. The first-order valence-electron chi connectivity index (χ1n) is 5.74. The quantitative estimate of drug-likeness (QED) is 0.706. The highest BCUT2D eigenvalue weighted by atomic mass is 32.1. The number of carbonyl (C=O) groups excluding carboxylic acids is 1. The van der Waals surface area contributed by atoms with Gasteiger partial charge in [0.2, 0.25) is 5.89 Å². The third-order valence-electron chi connectivity index (χ3n) is 2.22. The zero-order valence-corrected chi connectivity index (χ0v) is 11.2. The molecule has 4 N–H and O–H groups in total. The topological polar surface area (TPSA) is 119 Å². The van der Waals surface area contributed by atoms with E-state index < -0.39 is 0 Å². The Morgan fingerprint density at radius 2 is 2.42 bits per heavy atom. The molecule has 0 spiro atoms. The highest BCUT2D eigenvalue weighted by Gasteiger charge is 2.15. The molecule has 8 nitrogen and oxygen atoms in total. The van der Waals surface area contributed by atoms with Gasteiger partial charge < -0.3 is 20.9 Å². The number of hydrogen-bond donors (Lipinski definition) is 3. The van der Waals surface area contributed by atoms with Crippen molar-refractivity contribution in [2.75, 3.05) is 24.1 Å². The van der Waals surface area contributed by atoms with Gasteiger partial charge in [0.25, 0.3) is 5.91 Å². The van der Waals surface area contributed by atoms with Crippen LogP contribution in [0.2, 0.25) is 0 Å². The largest absolute Gasteiger partial charge is 0.382 e.